The van der Waals surface area contributed by atoms with Gasteiger partial charge in [-0.1, -0.05) is 30.3 Å². The van der Waals surface area contributed by atoms with Crippen LogP contribution in [0.15, 0.2) is 79.6 Å². The SMILES string of the molecule is CCOC(=O)C(c1ccccc1)n1cc(-c2cnn3c(N)cc(C4CCCNC4)nc23)cn1.CN(C)C(=O)Cn1cc(-c2cnn3c(N)cc(C4CCCNC4)nc23)cn1. The second-order valence-corrected chi connectivity index (χ2v) is 15.4. The number of rotatable bonds is 10. The Labute approximate surface area is 346 Å². The van der Waals surface area contributed by atoms with Crippen LogP contribution in [-0.4, -0.2) is 112 Å². The molecule has 18 nitrogen and oxygen atoms in total. The van der Waals surface area contributed by atoms with Crippen molar-refractivity contribution in [3.05, 3.63) is 96.6 Å². The van der Waals surface area contributed by atoms with E-state index in [1.165, 1.54) is 0 Å². The van der Waals surface area contributed by atoms with Crippen molar-refractivity contribution in [1.29, 1.82) is 0 Å². The number of nitrogens with zero attached hydrogens (tertiary/aromatic N) is 11. The molecule has 3 unspecified atom stereocenters. The molecule has 18 heteroatoms. The molecule has 2 saturated heterocycles. The molecule has 0 spiro atoms. The quantitative estimate of drug-likeness (QED) is 0.146. The molecule has 6 aromatic heterocycles. The fourth-order valence-electron chi connectivity index (χ4n) is 7.79. The first-order chi connectivity index (χ1) is 29.2. The predicted molar refractivity (Wildman–Crippen MR) is 227 cm³/mol. The van der Waals surface area contributed by atoms with Crippen LogP contribution in [0.4, 0.5) is 11.6 Å². The molecule has 60 heavy (non-hydrogen) atoms. The molecule has 6 N–H and O–H groups in total. The summed E-state index contributed by atoms with van der Waals surface area (Å²) in [7, 11) is 3.46. The number of carbonyl (C=O) groups excluding carboxylic acids is 2. The van der Waals surface area contributed by atoms with Crippen LogP contribution >= 0.6 is 0 Å². The Morgan fingerprint density at radius 1 is 0.800 bits per heavy atom. The maximum absolute atomic E-state index is 12.8. The van der Waals surface area contributed by atoms with E-state index < -0.39 is 6.04 Å². The zero-order valence-electron chi connectivity index (χ0n) is 34.1. The van der Waals surface area contributed by atoms with Crippen molar-refractivity contribution in [3.63, 3.8) is 0 Å². The van der Waals surface area contributed by atoms with Crippen molar-refractivity contribution in [2.45, 2.75) is 57.0 Å². The first-order valence-corrected chi connectivity index (χ1v) is 20.4. The first kappa shape index (κ1) is 40.1. The maximum atomic E-state index is 12.8. The lowest BCUT2D eigenvalue weighted by molar-refractivity contribution is -0.146. The van der Waals surface area contributed by atoms with Crippen molar-refractivity contribution in [2.75, 3.05) is 58.3 Å². The van der Waals surface area contributed by atoms with E-state index >= 15 is 0 Å². The number of anilines is 2. The van der Waals surface area contributed by atoms with E-state index in [0.717, 1.165) is 91.1 Å². The van der Waals surface area contributed by atoms with Gasteiger partial charge in [0.15, 0.2) is 17.3 Å². The lowest BCUT2D eigenvalue weighted by Gasteiger charge is -2.22. The van der Waals surface area contributed by atoms with Crippen LogP contribution in [-0.2, 0) is 20.9 Å². The lowest BCUT2D eigenvalue weighted by Crippen LogP contribution is -2.29. The Balaban J connectivity index is 0.000000170. The molecule has 2 aliphatic rings. The monoisotopic (exact) mass is 813 g/mol. The molecule has 9 rings (SSSR count). The minimum absolute atomic E-state index is 0.0148. The van der Waals surface area contributed by atoms with Crippen LogP contribution in [0, 0.1) is 0 Å². The lowest BCUT2D eigenvalue weighted by atomic mass is 9.96. The number of nitrogens with two attached hydrogens (primary N) is 2. The van der Waals surface area contributed by atoms with Crippen LogP contribution in [0.3, 0.4) is 0 Å². The topological polar surface area (TPSA) is 219 Å². The van der Waals surface area contributed by atoms with Gasteiger partial charge in [-0.05, 0) is 51.3 Å². The molecule has 2 aliphatic heterocycles. The number of benzene rings is 1. The summed E-state index contributed by atoms with van der Waals surface area (Å²) in [5.74, 6) is 1.43. The van der Waals surface area contributed by atoms with Gasteiger partial charge in [0, 0.05) is 85.8 Å². The standard InChI is InChI=1S/C24H27N7O2.C18H24N8O/c1-2-33-24(32)22(16-7-4-3-5-8-16)30-15-18(13-27-30)19-14-28-31-21(25)11-20(29-23(19)31)17-9-6-10-26-12-17;1-24(2)17(27)11-25-10-13(8-21-25)14-9-22-26-16(19)6-15(23-18(14)26)12-4-3-5-20-7-12/h3-5,7-8,11,13-15,17,22,26H,2,6,9-10,12,25H2,1H3;6,8-10,12,20H,3-5,7,11,19H2,1-2H3. The van der Waals surface area contributed by atoms with Gasteiger partial charge in [-0.2, -0.15) is 29.4 Å². The van der Waals surface area contributed by atoms with E-state index in [1.807, 2.05) is 54.9 Å². The van der Waals surface area contributed by atoms with Crippen LogP contribution in [0.5, 0.6) is 0 Å². The van der Waals surface area contributed by atoms with Gasteiger partial charge in [-0.25, -0.2) is 14.8 Å². The molecular formula is C42H51N15O3. The Bertz CT molecular complexity index is 2580. The summed E-state index contributed by atoms with van der Waals surface area (Å²) in [5.41, 5.74) is 20.0. The summed E-state index contributed by atoms with van der Waals surface area (Å²) in [6, 6.07) is 12.6. The molecule has 3 atom stereocenters. The third-order valence-electron chi connectivity index (χ3n) is 11.0. The summed E-state index contributed by atoms with van der Waals surface area (Å²) in [5, 5.41) is 24.5. The van der Waals surface area contributed by atoms with Crippen LogP contribution < -0.4 is 22.1 Å². The number of nitrogens with one attached hydrogen (secondary N) is 2. The smallest absolute Gasteiger partial charge is 0.335 e. The van der Waals surface area contributed by atoms with Crippen molar-refractivity contribution >= 4 is 34.8 Å². The number of nitrogen functional groups attached to an aromatic ring is 2. The van der Waals surface area contributed by atoms with E-state index in [1.54, 1.807) is 69.1 Å². The zero-order chi connectivity index (χ0) is 41.8. The molecule has 0 saturated carbocycles. The number of fused-ring (bicyclic) bond motifs is 2. The second-order valence-electron chi connectivity index (χ2n) is 15.4. The van der Waals surface area contributed by atoms with Crippen LogP contribution in [0.2, 0.25) is 0 Å². The molecule has 1 aromatic carbocycles. The number of piperidine rings is 2. The van der Waals surface area contributed by atoms with E-state index in [9.17, 15) is 9.59 Å². The highest BCUT2D eigenvalue weighted by atomic mass is 16.5. The largest absolute Gasteiger partial charge is 0.464 e. The Hall–Kier alpha value is -6.66. The molecule has 7 aromatic rings. The van der Waals surface area contributed by atoms with Crippen LogP contribution in [0.25, 0.3) is 33.5 Å². The molecule has 1 amide bonds. The first-order valence-electron chi connectivity index (χ1n) is 20.4. The molecule has 8 heterocycles. The highest BCUT2D eigenvalue weighted by Crippen LogP contribution is 2.31. The average molecular weight is 814 g/mol. The number of hydrogen-bond donors (Lipinski definition) is 4. The van der Waals surface area contributed by atoms with Gasteiger partial charge >= 0.3 is 5.97 Å². The highest BCUT2D eigenvalue weighted by Gasteiger charge is 2.27. The van der Waals surface area contributed by atoms with Gasteiger partial charge in [0.25, 0.3) is 0 Å². The Kier molecular flexibility index (Phi) is 11.8. The molecule has 2 fully saturated rings. The van der Waals surface area contributed by atoms with E-state index in [2.05, 4.69) is 31.0 Å². The number of amides is 1. The Morgan fingerprint density at radius 2 is 1.37 bits per heavy atom. The number of aromatic nitrogens is 10. The third kappa shape index (κ3) is 8.42. The van der Waals surface area contributed by atoms with Crippen molar-refractivity contribution in [3.8, 4) is 22.3 Å². The van der Waals surface area contributed by atoms with E-state index in [-0.39, 0.29) is 18.4 Å². The maximum Gasteiger partial charge on any atom is 0.335 e. The Morgan fingerprint density at radius 3 is 1.90 bits per heavy atom. The minimum Gasteiger partial charge on any atom is -0.464 e. The fourth-order valence-corrected chi connectivity index (χ4v) is 7.79. The van der Waals surface area contributed by atoms with Gasteiger partial charge in [0.2, 0.25) is 5.91 Å². The predicted octanol–water partition coefficient (Wildman–Crippen LogP) is 3.52. The molecular weight excluding hydrogens is 763 g/mol. The summed E-state index contributed by atoms with van der Waals surface area (Å²) in [6.07, 6.45) is 15.0. The summed E-state index contributed by atoms with van der Waals surface area (Å²) >= 11 is 0. The van der Waals surface area contributed by atoms with Crippen molar-refractivity contribution in [1.82, 2.24) is 64.3 Å². The summed E-state index contributed by atoms with van der Waals surface area (Å²) in [6.45, 7) is 6.18. The molecule has 312 valence electrons. The molecule has 0 bridgehead atoms. The van der Waals surface area contributed by atoms with Gasteiger partial charge in [0.05, 0.1) is 42.8 Å². The van der Waals surface area contributed by atoms with Crippen LogP contribution in [0.1, 0.15) is 67.4 Å². The molecule has 0 aliphatic carbocycles. The molecule has 0 radical (unpaired) electrons. The zero-order valence-corrected chi connectivity index (χ0v) is 34.1. The number of hydrogen-bond acceptors (Lipinski definition) is 13. The second kappa shape index (κ2) is 17.7. The van der Waals surface area contributed by atoms with Crippen molar-refractivity contribution < 1.29 is 14.3 Å². The van der Waals surface area contributed by atoms with Crippen molar-refractivity contribution in [2.24, 2.45) is 0 Å². The van der Waals surface area contributed by atoms with Gasteiger partial charge in [-0.15, -0.1) is 0 Å². The number of esters is 1. The fraction of sp³-hybridized carbons (Fsp3) is 0.381. The van der Waals surface area contributed by atoms with E-state index in [4.69, 9.17) is 26.2 Å². The summed E-state index contributed by atoms with van der Waals surface area (Å²) < 4.78 is 11.9. The normalized spacial score (nSPS) is 17.2. The number of carbonyl (C=O) groups is 2. The number of ether oxygens (including phenoxy) is 1. The average Bonchev–Trinajstić information content (AvgIpc) is 4.10. The third-order valence-corrected chi connectivity index (χ3v) is 11.0. The van der Waals surface area contributed by atoms with Gasteiger partial charge in [0.1, 0.15) is 18.2 Å². The van der Waals surface area contributed by atoms with Gasteiger partial charge in [-0.3, -0.25) is 14.2 Å². The van der Waals surface area contributed by atoms with E-state index in [0.29, 0.717) is 41.4 Å². The number of likely N-dealkylation sites (N-methyl/N-ethyl adjacent to an activating group) is 1. The highest BCUT2D eigenvalue weighted by molar-refractivity contribution is 5.81. The minimum atomic E-state index is -0.677. The van der Waals surface area contributed by atoms with Gasteiger partial charge < -0.3 is 31.7 Å². The summed E-state index contributed by atoms with van der Waals surface area (Å²) in [4.78, 5) is 36.0.